The van der Waals surface area contributed by atoms with E-state index >= 15 is 0 Å². The van der Waals surface area contributed by atoms with Gasteiger partial charge in [0, 0.05) is 29.7 Å². The predicted molar refractivity (Wildman–Crippen MR) is 219 cm³/mol. The number of hydrogen-bond acceptors (Lipinski definition) is 9. The Labute approximate surface area is 331 Å². The summed E-state index contributed by atoms with van der Waals surface area (Å²) in [4.78, 5) is 38.6. The quantitative estimate of drug-likeness (QED) is 0.194. The average molecular weight is 766 g/mol. The van der Waals surface area contributed by atoms with E-state index in [1.807, 2.05) is 78.0 Å². The van der Waals surface area contributed by atoms with Crippen LogP contribution in [0.4, 0.5) is 0 Å². The summed E-state index contributed by atoms with van der Waals surface area (Å²) in [5.74, 6) is 1.34. The molecule has 6 bridgehead atoms. The zero-order valence-electron chi connectivity index (χ0n) is 34.0. The van der Waals surface area contributed by atoms with E-state index in [9.17, 15) is 19.8 Å². The van der Waals surface area contributed by atoms with Crippen LogP contribution in [0.3, 0.4) is 0 Å². The largest absolute Gasteiger partial charge is 0.457 e. The van der Waals surface area contributed by atoms with Gasteiger partial charge in [-0.3, -0.25) is 0 Å². The van der Waals surface area contributed by atoms with Gasteiger partial charge in [0.1, 0.15) is 30.0 Å². The van der Waals surface area contributed by atoms with Crippen LogP contribution in [0, 0.1) is 40.4 Å². The van der Waals surface area contributed by atoms with Crippen molar-refractivity contribution >= 4 is 24.1 Å². The van der Waals surface area contributed by atoms with Crippen LogP contribution in [0.15, 0.2) is 101 Å². The van der Waals surface area contributed by atoms with Gasteiger partial charge >= 0.3 is 11.9 Å². The van der Waals surface area contributed by atoms with Crippen LogP contribution in [-0.2, 0) is 9.47 Å². The molecule has 2 aliphatic carbocycles. The summed E-state index contributed by atoms with van der Waals surface area (Å²) >= 11 is 0. The number of oxazole rings is 1. The van der Waals surface area contributed by atoms with Crippen LogP contribution < -0.4 is 0 Å². The molecule has 300 valence electrons. The van der Waals surface area contributed by atoms with E-state index in [1.165, 1.54) is 18.0 Å². The van der Waals surface area contributed by atoms with Crippen molar-refractivity contribution in [3.63, 3.8) is 0 Å². The molecule has 2 aromatic heterocycles. The minimum absolute atomic E-state index is 0.0613. The van der Waals surface area contributed by atoms with Gasteiger partial charge in [-0.15, -0.1) is 0 Å². The van der Waals surface area contributed by atoms with Gasteiger partial charge < -0.3 is 29.1 Å². The molecule has 2 saturated carbocycles. The number of allylic oxidation sites excluding steroid dienone is 10. The Kier molecular flexibility index (Phi) is 13.9. The smallest absolute Gasteiger partial charge is 0.360 e. The Morgan fingerprint density at radius 3 is 2.11 bits per heavy atom. The molecule has 0 aromatic carbocycles. The standard InChI is InChI=1S/C46H59N3O7/c1-9-16-37(50)45(5,6)39-22-13-18-31-26-32(29(31)3)19-14-24-41-47-27-35(48-41)43(52)55-40(46(7,8)38(51)17-10-2)23-15-21-34-30(4)33(34)20-11-12-25-42-49-36(28-54-42)44(53)56-39/h9-21,24-25,27-31,33-34,37-40,50-51H,22-23,26H2,1-8H3,(H,47,48)/b16-9+,17-10+,18-13-,20-11+,21-15-,24-14-,25-12-,32-19+/t29-,30+,31-,33-,34+,37+,38+,39+,40+/m1/s1. The monoisotopic (exact) mass is 765 g/mol. The number of nitrogens with zero attached hydrogens (tertiary/aromatic N) is 2. The fraction of sp³-hybridized carbons (Fsp3) is 0.478. The number of ether oxygens (including phenoxy) is 2. The van der Waals surface area contributed by atoms with Crippen LogP contribution in [0.1, 0.15) is 107 Å². The molecule has 2 aliphatic heterocycles. The molecule has 6 rings (SSSR count). The first-order valence-electron chi connectivity index (χ1n) is 19.8. The first kappa shape index (κ1) is 42.3. The normalized spacial score (nSPS) is 31.8. The SMILES string of the molecule is C/C=C/[C@H](O)C(C)(C)[C@@H]1C/C=C\[C@@H]2C/C(=C\C=C/c3ncc([nH]3)C(=O)O[C@H](C(C)(C)[C@@H](O)/C=C/C)C/C=C\[C@H]3[C@@H](C)[C@H]3/C=C/C=C\c3nc(co3)C(=O)O1)[C@@H]2C. The number of carbonyl (C=O) groups excluding carboxylic acids is 2. The molecule has 3 N–H and O–H groups in total. The van der Waals surface area contributed by atoms with Gasteiger partial charge in [0.25, 0.3) is 0 Å². The Morgan fingerprint density at radius 2 is 1.46 bits per heavy atom. The lowest BCUT2D eigenvalue weighted by Gasteiger charge is -2.37. The van der Waals surface area contributed by atoms with Crippen molar-refractivity contribution < 1.29 is 33.7 Å². The van der Waals surface area contributed by atoms with Crippen molar-refractivity contribution in [2.45, 2.75) is 99.1 Å². The number of aromatic nitrogens is 3. The number of H-pyrrole nitrogens is 1. The van der Waals surface area contributed by atoms with E-state index < -0.39 is 47.2 Å². The topological polar surface area (TPSA) is 148 Å². The lowest BCUT2D eigenvalue weighted by Crippen LogP contribution is -2.42. The van der Waals surface area contributed by atoms with Crippen molar-refractivity contribution in [2.24, 2.45) is 40.4 Å². The number of carbonyl (C=O) groups is 2. The summed E-state index contributed by atoms with van der Waals surface area (Å²) in [5, 5.41) is 22.0. The molecule has 10 heteroatoms. The highest BCUT2D eigenvalue weighted by molar-refractivity contribution is 5.88. The number of esters is 2. The van der Waals surface area contributed by atoms with Gasteiger partial charge in [-0.05, 0) is 55.9 Å². The molecule has 4 heterocycles. The van der Waals surface area contributed by atoms with E-state index in [-0.39, 0.29) is 17.3 Å². The summed E-state index contributed by atoms with van der Waals surface area (Å²) in [6, 6.07) is 0. The number of imidazole rings is 1. The second-order valence-corrected chi connectivity index (χ2v) is 16.5. The summed E-state index contributed by atoms with van der Waals surface area (Å²) in [7, 11) is 0. The second-order valence-electron chi connectivity index (χ2n) is 16.5. The number of aliphatic hydroxyl groups is 2. The summed E-state index contributed by atoms with van der Waals surface area (Å²) in [6.45, 7) is 15.6. The molecular formula is C46H59N3O7. The molecule has 0 spiro atoms. The Balaban J connectivity index is 1.39. The molecule has 0 radical (unpaired) electrons. The fourth-order valence-electron chi connectivity index (χ4n) is 7.28. The Morgan fingerprint density at radius 1 is 0.839 bits per heavy atom. The maximum Gasteiger partial charge on any atom is 0.360 e. The Hall–Kier alpha value is -4.80. The van der Waals surface area contributed by atoms with Crippen molar-refractivity contribution in [3.05, 3.63) is 120 Å². The van der Waals surface area contributed by atoms with Crippen molar-refractivity contribution in [2.75, 3.05) is 0 Å². The summed E-state index contributed by atoms with van der Waals surface area (Å²) < 4.78 is 17.7. The van der Waals surface area contributed by atoms with E-state index in [0.29, 0.717) is 48.3 Å². The molecule has 0 unspecified atom stereocenters. The van der Waals surface area contributed by atoms with Crippen LogP contribution in [0.2, 0.25) is 0 Å². The van der Waals surface area contributed by atoms with E-state index in [1.54, 1.807) is 30.4 Å². The first-order chi connectivity index (χ1) is 26.7. The fourth-order valence-corrected chi connectivity index (χ4v) is 7.28. The maximum absolute atomic E-state index is 13.4. The average Bonchev–Trinajstić information content (AvgIpc) is 3.52. The van der Waals surface area contributed by atoms with Crippen molar-refractivity contribution in [1.82, 2.24) is 15.0 Å². The van der Waals surface area contributed by atoms with Gasteiger partial charge in [-0.1, -0.05) is 126 Å². The highest BCUT2D eigenvalue weighted by Crippen LogP contribution is 2.48. The highest BCUT2D eigenvalue weighted by atomic mass is 16.6. The summed E-state index contributed by atoms with van der Waals surface area (Å²) in [6.07, 6.45) is 30.4. The zero-order chi connectivity index (χ0) is 40.6. The van der Waals surface area contributed by atoms with Gasteiger partial charge in [0.2, 0.25) is 5.89 Å². The maximum atomic E-state index is 13.4. The molecule has 2 aromatic rings. The number of aliphatic hydroxyl groups excluding tert-OH is 2. The lowest BCUT2D eigenvalue weighted by atomic mass is 9.69. The second kappa shape index (κ2) is 18.4. The number of fused-ring (bicyclic) bond motifs is 10. The highest BCUT2D eigenvalue weighted by Gasteiger charge is 2.43. The van der Waals surface area contributed by atoms with Gasteiger partial charge in [0.05, 0.1) is 18.4 Å². The third-order valence-corrected chi connectivity index (χ3v) is 11.9. The molecule has 0 amide bonds. The third kappa shape index (κ3) is 10.1. The molecule has 2 fully saturated rings. The minimum atomic E-state index is -0.834. The molecule has 10 nitrogen and oxygen atoms in total. The van der Waals surface area contributed by atoms with Crippen LogP contribution >= 0.6 is 0 Å². The predicted octanol–water partition coefficient (Wildman–Crippen LogP) is 9.03. The lowest BCUT2D eigenvalue weighted by molar-refractivity contribution is -0.0461. The molecule has 4 aliphatic rings. The van der Waals surface area contributed by atoms with Crippen molar-refractivity contribution in [3.8, 4) is 0 Å². The van der Waals surface area contributed by atoms with Crippen LogP contribution in [0.5, 0.6) is 0 Å². The van der Waals surface area contributed by atoms with Crippen LogP contribution in [0.25, 0.3) is 12.2 Å². The first-order valence-corrected chi connectivity index (χ1v) is 19.8. The Bertz CT molecular complexity index is 1920. The minimum Gasteiger partial charge on any atom is -0.457 e. The molecule has 0 saturated heterocycles. The van der Waals surface area contributed by atoms with E-state index in [0.717, 1.165) is 6.42 Å². The number of aromatic amines is 1. The third-order valence-electron chi connectivity index (χ3n) is 11.9. The van der Waals surface area contributed by atoms with Gasteiger partial charge in [-0.2, -0.15) is 0 Å². The molecule has 56 heavy (non-hydrogen) atoms. The summed E-state index contributed by atoms with van der Waals surface area (Å²) in [5.41, 5.74) is 0.0298. The molecular weight excluding hydrogens is 707 g/mol. The van der Waals surface area contributed by atoms with Gasteiger partial charge in [0.15, 0.2) is 5.69 Å². The van der Waals surface area contributed by atoms with Gasteiger partial charge in [-0.25, -0.2) is 19.6 Å². The van der Waals surface area contributed by atoms with Crippen molar-refractivity contribution in [1.29, 1.82) is 0 Å². The van der Waals surface area contributed by atoms with E-state index in [4.69, 9.17) is 13.9 Å². The zero-order valence-corrected chi connectivity index (χ0v) is 34.0. The number of hydrogen-bond donors (Lipinski definition) is 3. The van der Waals surface area contributed by atoms with Crippen LogP contribution in [-0.4, -0.2) is 61.5 Å². The van der Waals surface area contributed by atoms with E-state index in [2.05, 4.69) is 53.1 Å². The number of nitrogens with one attached hydrogen (secondary N) is 1. The number of rotatable bonds is 6. The molecule has 9 atom stereocenters.